The summed E-state index contributed by atoms with van der Waals surface area (Å²) in [7, 11) is -3.94. The van der Waals surface area contributed by atoms with Crippen LogP contribution >= 0.6 is 0 Å². The number of rotatable bonds is 7. The molecular weight excluding hydrogens is 425 g/mol. The zero-order chi connectivity index (χ0) is 22.3. The monoisotopic (exact) mass is 453 g/mol. The number of hydrogen-bond acceptors (Lipinski definition) is 5. The normalized spacial score (nSPS) is 20.0. The summed E-state index contributed by atoms with van der Waals surface area (Å²) in [5.41, 5.74) is 1.30. The first-order valence-corrected chi connectivity index (χ1v) is 11.9. The summed E-state index contributed by atoms with van der Waals surface area (Å²) in [4.78, 5) is 24.1. The van der Waals surface area contributed by atoms with Crippen LogP contribution in [0, 0.1) is 5.82 Å². The molecule has 1 saturated heterocycles. The highest BCUT2D eigenvalue weighted by Crippen LogP contribution is 2.22. The minimum absolute atomic E-state index is 0.0644. The molecule has 1 aliphatic heterocycles. The van der Waals surface area contributed by atoms with Crippen molar-refractivity contribution >= 4 is 21.8 Å². The number of halogens is 1. The lowest BCUT2D eigenvalue weighted by atomic mass is 9.97. The second-order valence-corrected chi connectivity index (χ2v) is 9.46. The first-order valence-electron chi connectivity index (χ1n) is 10.5. The van der Waals surface area contributed by atoms with E-state index in [4.69, 9.17) is 4.74 Å². The number of benzene rings is 1. The molecule has 8 nitrogen and oxygen atoms in total. The Kier molecular flexibility index (Phi) is 8.16. The average molecular weight is 454 g/mol. The van der Waals surface area contributed by atoms with E-state index in [1.165, 1.54) is 24.1 Å². The van der Waals surface area contributed by atoms with Gasteiger partial charge in [0.25, 0.3) is 0 Å². The fourth-order valence-corrected chi connectivity index (χ4v) is 5.22. The van der Waals surface area contributed by atoms with Gasteiger partial charge in [0.15, 0.2) is 0 Å². The highest BCUT2D eigenvalue weighted by Gasteiger charge is 2.35. The molecule has 170 valence electrons. The van der Waals surface area contributed by atoms with Crippen LogP contribution in [0.2, 0.25) is 0 Å². The van der Waals surface area contributed by atoms with Crippen LogP contribution in [-0.2, 0) is 24.3 Å². The first-order chi connectivity index (χ1) is 14.9. The minimum atomic E-state index is -3.94. The molecule has 0 radical (unpaired) electrons. The highest BCUT2D eigenvalue weighted by atomic mass is 32.2. The van der Waals surface area contributed by atoms with Crippen molar-refractivity contribution in [1.82, 2.24) is 14.9 Å². The van der Waals surface area contributed by atoms with E-state index in [9.17, 15) is 22.4 Å². The topological polar surface area (TPSA) is 105 Å². The van der Waals surface area contributed by atoms with Crippen molar-refractivity contribution in [2.75, 3.05) is 26.2 Å². The molecule has 0 saturated carbocycles. The van der Waals surface area contributed by atoms with Crippen LogP contribution in [-0.4, -0.2) is 57.0 Å². The Hall–Kier alpha value is -2.30. The van der Waals surface area contributed by atoms with E-state index in [1.54, 1.807) is 0 Å². The molecule has 0 unspecified atom stereocenters. The van der Waals surface area contributed by atoms with Gasteiger partial charge in [0.2, 0.25) is 10.0 Å². The highest BCUT2D eigenvalue weighted by molar-refractivity contribution is 7.89. The molecular formula is C21H28FN3O5S. The predicted octanol–water partition coefficient (Wildman–Crippen LogP) is 1.69. The molecule has 1 aromatic rings. The number of carbonyl (C=O) groups is 2. The van der Waals surface area contributed by atoms with Gasteiger partial charge in [-0.1, -0.05) is 11.6 Å². The van der Waals surface area contributed by atoms with Crippen LogP contribution in [0.15, 0.2) is 40.8 Å². The average Bonchev–Trinajstić information content (AvgIpc) is 2.78. The Morgan fingerprint density at radius 3 is 2.55 bits per heavy atom. The summed E-state index contributed by atoms with van der Waals surface area (Å²) in [6.45, 7) is 0.736. The van der Waals surface area contributed by atoms with Crippen LogP contribution in [0.25, 0.3) is 0 Å². The minimum Gasteiger partial charge on any atom is -0.360 e. The van der Waals surface area contributed by atoms with Crippen molar-refractivity contribution in [3.05, 3.63) is 41.7 Å². The van der Waals surface area contributed by atoms with Crippen molar-refractivity contribution in [3.63, 3.8) is 0 Å². The summed E-state index contributed by atoms with van der Waals surface area (Å²) >= 11 is 0. The van der Waals surface area contributed by atoms with E-state index in [0.29, 0.717) is 26.0 Å². The molecule has 0 spiro atoms. The fourth-order valence-electron chi connectivity index (χ4n) is 3.65. The lowest BCUT2D eigenvalue weighted by Crippen LogP contribution is -2.53. The number of nitrogens with one attached hydrogen (secondary N) is 2. The number of hydrogen-bond donors (Lipinski definition) is 2. The number of nitrogens with zero attached hydrogens (tertiary/aromatic N) is 1. The van der Waals surface area contributed by atoms with E-state index >= 15 is 0 Å². The molecule has 0 bridgehead atoms. The Bertz CT molecular complexity index is 917. The smallest absolute Gasteiger partial charge is 0.309 e. The molecule has 2 amide bonds. The molecule has 1 aliphatic carbocycles. The van der Waals surface area contributed by atoms with Gasteiger partial charge in [-0.2, -0.15) is 4.31 Å². The number of amides is 2. The summed E-state index contributed by atoms with van der Waals surface area (Å²) < 4.78 is 45.6. The molecule has 31 heavy (non-hydrogen) atoms. The van der Waals surface area contributed by atoms with E-state index < -0.39 is 33.9 Å². The maximum Gasteiger partial charge on any atom is 0.309 e. The molecule has 10 heteroatoms. The van der Waals surface area contributed by atoms with Crippen LogP contribution in [0.4, 0.5) is 4.39 Å². The summed E-state index contributed by atoms with van der Waals surface area (Å²) in [6.07, 6.45) is 6.87. The lowest BCUT2D eigenvalue weighted by Gasteiger charge is -2.34. The molecule has 2 N–H and O–H groups in total. The summed E-state index contributed by atoms with van der Waals surface area (Å²) in [6, 6.07) is 4.51. The Labute approximate surface area is 181 Å². The molecule has 1 heterocycles. The zero-order valence-corrected chi connectivity index (χ0v) is 18.1. The van der Waals surface area contributed by atoms with Gasteiger partial charge in [-0.05, 0) is 62.8 Å². The van der Waals surface area contributed by atoms with Crippen molar-refractivity contribution in [1.29, 1.82) is 0 Å². The standard InChI is InChI=1S/C21H28FN3O5S/c22-17-7-9-18(10-8-17)31(28,29)25-13-4-14-30-19(25)15-24-21(27)20(26)23-12-11-16-5-2-1-3-6-16/h5,7-10,19H,1-4,6,11-15H2,(H,23,26)(H,24,27)/t19-/m1/s1. The Morgan fingerprint density at radius 1 is 1.10 bits per heavy atom. The van der Waals surface area contributed by atoms with Gasteiger partial charge in [0, 0.05) is 13.1 Å². The molecule has 0 aromatic heterocycles. The van der Waals surface area contributed by atoms with Crippen molar-refractivity contribution in [3.8, 4) is 0 Å². The summed E-state index contributed by atoms with van der Waals surface area (Å²) in [5, 5.41) is 5.04. The maximum atomic E-state index is 13.2. The summed E-state index contributed by atoms with van der Waals surface area (Å²) in [5.74, 6) is -2.14. The molecule has 1 aromatic carbocycles. The van der Waals surface area contributed by atoms with E-state index in [2.05, 4.69) is 16.7 Å². The lowest BCUT2D eigenvalue weighted by molar-refractivity contribution is -0.140. The Balaban J connectivity index is 1.52. The second kappa shape index (κ2) is 10.8. The molecule has 1 fully saturated rings. The van der Waals surface area contributed by atoms with Gasteiger partial charge >= 0.3 is 11.8 Å². The van der Waals surface area contributed by atoms with Crippen molar-refractivity contribution < 1.29 is 27.1 Å². The maximum absolute atomic E-state index is 13.2. The van der Waals surface area contributed by atoms with E-state index in [0.717, 1.165) is 35.7 Å². The molecule has 2 aliphatic rings. The zero-order valence-electron chi connectivity index (χ0n) is 17.3. The van der Waals surface area contributed by atoms with Crippen molar-refractivity contribution in [2.45, 2.75) is 49.6 Å². The van der Waals surface area contributed by atoms with Crippen LogP contribution in [0.3, 0.4) is 0 Å². The third-order valence-corrected chi connectivity index (χ3v) is 7.24. The largest absolute Gasteiger partial charge is 0.360 e. The van der Waals surface area contributed by atoms with Gasteiger partial charge in [-0.25, -0.2) is 12.8 Å². The number of carbonyl (C=O) groups excluding carboxylic acids is 2. The van der Waals surface area contributed by atoms with Crippen LogP contribution < -0.4 is 10.6 Å². The Morgan fingerprint density at radius 2 is 1.84 bits per heavy atom. The third-order valence-electron chi connectivity index (χ3n) is 5.33. The van der Waals surface area contributed by atoms with Gasteiger partial charge in [0.05, 0.1) is 18.0 Å². The second-order valence-electron chi connectivity index (χ2n) is 7.57. The quantitative estimate of drug-likeness (QED) is 0.483. The van der Waals surface area contributed by atoms with Gasteiger partial charge in [-0.3, -0.25) is 9.59 Å². The van der Waals surface area contributed by atoms with Gasteiger partial charge < -0.3 is 15.4 Å². The third kappa shape index (κ3) is 6.34. The predicted molar refractivity (Wildman–Crippen MR) is 112 cm³/mol. The fraction of sp³-hybridized carbons (Fsp3) is 0.524. The first kappa shape index (κ1) is 23.4. The number of sulfonamides is 1. The number of allylic oxidation sites excluding steroid dienone is 1. The van der Waals surface area contributed by atoms with Gasteiger partial charge in [-0.15, -0.1) is 0 Å². The molecule has 3 rings (SSSR count). The number of ether oxygens (including phenoxy) is 1. The molecule has 1 atom stereocenters. The van der Waals surface area contributed by atoms with Gasteiger partial charge in [0.1, 0.15) is 12.0 Å². The van der Waals surface area contributed by atoms with Crippen molar-refractivity contribution in [2.24, 2.45) is 0 Å². The SMILES string of the molecule is O=C(NCCC1=CCCCC1)C(=O)NC[C@H]1OCCCN1S(=O)(=O)c1ccc(F)cc1. The van der Waals surface area contributed by atoms with E-state index in [1.807, 2.05) is 0 Å². The van der Waals surface area contributed by atoms with Crippen LogP contribution in [0.1, 0.15) is 38.5 Å². The van der Waals surface area contributed by atoms with Crippen LogP contribution in [0.5, 0.6) is 0 Å². The van der Waals surface area contributed by atoms with E-state index in [-0.39, 0.29) is 18.0 Å².